The van der Waals surface area contributed by atoms with E-state index in [4.69, 9.17) is 9.47 Å². The van der Waals surface area contributed by atoms with Crippen LogP contribution in [0.25, 0.3) is 0 Å². The van der Waals surface area contributed by atoms with Crippen molar-refractivity contribution in [1.29, 1.82) is 0 Å². The highest BCUT2D eigenvalue weighted by atomic mass is 19.2. The van der Waals surface area contributed by atoms with Crippen LogP contribution < -0.4 is 4.74 Å². The minimum absolute atomic E-state index is 0.00586. The molecule has 1 unspecified atom stereocenters. The van der Waals surface area contributed by atoms with E-state index in [1.165, 1.54) is 0 Å². The third-order valence-corrected chi connectivity index (χ3v) is 5.01. The van der Waals surface area contributed by atoms with Gasteiger partial charge in [-0.3, -0.25) is 0 Å². The Balaban J connectivity index is 1.71. The predicted molar refractivity (Wildman–Crippen MR) is 76.6 cm³/mol. The zero-order valence-corrected chi connectivity index (χ0v) is 12.6. The lowest BCUT2D eigenvalue weighted by atomic mass is 9.74. The van der Waals surface area contributed by atoms with Crippen LogP contribution >= 0.6 is 0 Å². The van der Waals surface area contributed by atoms with Crippen molar-refractivity contribution in [1.82, 2.24) is 0 Å². The van der Waals surface area contributed by atoms with Crippen LogP contribution in [0, 0.1) is 17.6 Å². The molecule has 1 aromatic rings. The number of hydrogen-bond donors (Lipinski definition) is 0. The van der Waals surface area contributed by atoms with Gasteiger partial charge in [0.05, 0.1) is 18.8 Å². The van der Waals surface area contributed by atoms with Crippen molar-refractivity contribution < 1.29 is 18.3 Å². The number of rotatable bonds is 4. The smallest absolute Gasteiger partial charge is 0.200 e. The number of halogens is 2. The molecule has 0 radical (unpaired) electrons. The maximum atomic E-state index is 14.2. The molecule has 1 aliphatic heterocycles. The van der Waals surface area contributed by atoms with Crippen LogP contribution in [-0.2, 0) is 4.74 Å². The molecule has 1 aliphatic carbocycles. The van der Waals surface area contributed by atoms with Gasteiger partial charge in [-0.25, -0.2) is 4.39 Å². The Morgan fingerprint density at radius 1 is 1.19 bits per heavy atom. The molecule has 1 heterocycles. The molecule has 0 bridgehead atoms. The van der Waals surface area contributed by atoms with Crippen LogP contribution in [0.3, 0.4) is 0 Å². The normalized spacial score (nSPS) is 32.0. The Morgan fingerprint density at radius 2 is 1.86 bits per heavy atom. The fraction of sp³-hybridized carbons (Fsp3) is 0.647. The van der Waals surface area contributed by atoms with Crippen LogP contribution in [0.2, 0.25) is 0 Å². The summed E-state index contributed by atoms with van der Waals surface area (Å²) in [5, 5.41) is 0. The number of benzene rings is 1. The van der Waals surface area contributed by atoms with Gasteiger partial charge in [-0.15, -0.1) is 0 Å². The van der Waals surface area contributed by atoms with E-state index in [-0.39, 0.29) is 17.3 Å². The average molecular weight is 296 g/mol. The summed E-state index contributed by atoms with van der Waals surface area (Å²) in [6.07, 6.45) is 3.84. The van der Waals surface area contributed by atoms with Gasteiger partial charge >= 0.3 is 0 Å². The first-order valence-electron chi connectivity index (χ1n) is 7.80. The molecule has 1 atom stereocenters. The van der Waals surface area contributed by atoms with E-state index >= 15 is 0 Å². The molecule has 0 amide bonds. The Bertz CT molecular complexity index is 518. The Labute approximate surface area is 124 Å². The van der Waals surface area contributed by atoms with Gasteiger partial charge in [0, 0.05) is 0 Å². The highest BCUT2D eigenvalue weighted by molar-refractivity contribution is 5.33. The lowest BCUT2D eigenvalue weighted by molar-refractivity contribution is 0.179. The third-order valence-electron chi connectivity index (χ3n) is 5.01. The van der Waals surface area contributed by atoms with E-state index < -0.39 is 11.6 Å². The molecule has 4 heteroatoms. The quantitative estimate of drug-likeness (QED) is 0.767. The summed E-state index contributed by atoms with van der Waals surface area (Å²) in [6, 6.07) is 3.23. The zero-order chi connectivity index (χ0) is 15.0. The first-order chi connectivity index (χ1) is 10.0. The van der Waals surface area contributed by atoms with Crippen LogP contribution in [0.5, 0.6) is 5.75 Å². The molecule has 0 spiro atoms. The van der Waals surface area contributed by atoms with Gasteiger partial charge in [0.2, 0.25) is 5.82 Å². The van der Waals surface area contributed by atoms with E-state index in [1.54, 1.807) is 19.1 Å². The van der Waals surface area contributed by atoms with Gasteiger partial charge in [0.15, 0.2) is 11.6 Å². The summed E-state index contributed by atoms with van der Waals surface area (Å²) in [4.78, 5) is 0. The first kappa shape index (κ1) is 14.8. The fourth-order valence-corrected chi connectivity index (χ4v) is 3.49. The van der Waals surface area contributed by atoms with E-state index in [0.29, 0.717) is 18.1 Å². The summed E-state index contributed by atoms with van der Waals surface area (Å²) in [7, 11) is 0. The van der Waals surface area contributed by atoms with Crippen molar-refractivity contribution in [2.75, 3.05) is 13.2 Å². The lowest BCUT2D eigenvalue weighted by Crippen LogP contribution is -2.25. The van der Waals surface area contributed by atoms with Gasteiger partial charge in [0.25, 0.3) is 0 Å². The third kappa shape index (κ3) is 2.78. The summed E-state index contributed by atoms with van der Waals surface area (Å²) in [6.45, 7) is 5.08. The maximum absolute atomic E-state index is 14.2. The van der Waals surface area contributed by atoms with Crippen LogP contribution in [-0.4, -0.2) is 18.8 Å². The summed E-state index contributed by atoms with van der Waals surface area (Å²) in [5.74, 6) is -0.920. The number of epoxide rings is 1. The van der Waals surface area contributed by atoms with Crippen LogP contribution in [0.1, 0.15) is 51.0 Å². The maximum Gasteiger partial charge on any atom is 0.200 e. The molecule has 21 heavy (non-hydrogen) atoms. The summed E-state index contributed by atoms with van der Waals surface area (Å²) >= 11 is 0. The molecule has 1 saturated heterocycles. The van der Waals surface area contributed by atoms with Gasteiger partial charge in [-0.1, -0.05) is 6.07 Å². The number of hydrogen-bond acceptors (Lipinski definition) is 2. The highest BCUT2D eigenvalue weighted by Gasteiger charge is 2.47. The predicted octanol–water partition coefficient (Wildman–Crippen LogP) is 4.43. The molecular weight excluding hydrogens is 274 g/mol. The van der Waals surface area contributed by atoms with Crippen molar-refractivity contribution in [3.05, 3.63) is 29.3 Å². The summed E-state index contributed by atoms with van der Waals surface area (Å²) < 4.78 is 38.8. The van der Waals surface area contributed by atoms with E-state index in [0.717, 1.165) is 32.3 Å². The number of ether oxygens (including phenoxy) is 2. The monoisotopic (exact) mass is 296 g/mol. The minimum atomic E-state index is -0.853. The molecule has 2 aliphatic rings. The van der Waals surface area contributed by atoms with Crippen molar-refractivity contribution in [3.63, 3.8) is 0 Å². The molecule has 3 rings (SSSR count). The summed E-state index contributed by atoms with van der Waals surface area (Å²) in [5.41, 5.74) is 0.546. The lowest BCUT2D eigenvalue weighted by Gasteiger charge is -2.31. The van der Waals surface area contributed by atoms with Gasteiger partial charge in [-0.2, -0.15) is 4.39 Å². The second-order valence-corrected chi connectivity index (χ2v) is 6.36. The van der Waals surface area contributed by atoms with Crippen molar-refractivity contribution in [3.8, 4) is 5.75 Å². The molecule has 1 saturated carbocycles. The second kappa shape index (κ2) is 5.56. The standard InChI is InChI=1S/C17H22F2O2/c1-3-20-14-9-8-13(15(18)16(14)19)11-4-6-12(7-5-11)17(2)10-21-17/h8-9,11-12H,3-7,10H2,1-2H3. The zero-order valence-electron chi connectivity index (χ0n) is 12.6. The van der Waals surface area contributed by atoms with E-state index in [9.17, 15) is 8.78 Å². The van der Waals surface area contributed by atoms with Crippen molar-refractivity contribution >= 4 is 0 Å². The Hall–Kier alpha value is -1.16. The Morgan fingerprint density at radius 3 is 2.43 bits per heavy atom. The molecule has 116 valence electrons. The molecule has 0 aromatic heterocycles. The van der Waals surface area contributed by atoms with Crippen LogP contribution in [0.15, 0.2) is 12.1 Å². The Kier molecular flexibility index (Phi) is 3.91. The molecular formula is C17H22F2O2. The van der Waals surface area contributed by atoms with Crippen LogP contribution in [0.4, 0.5) is 8.78 Å². The SMILES string of the molecule is CCOc1ccc(C2CCC(C3(C)CO3)CC2)c(F)c1F. The van der Waals surface area contributed by atoms with E-state index in [2.05, 4.69) is 6.92 Å². The molecule has 1 aromatic carbocycles. The van der Waals surface area contributed by atoms with Gasteiger partial charge in [0.1, 0.15) is 0 Å². The largest absolute Gasteiger partial charge is 0.491 e. The van der Waals surface area contributed by atoms with Crippen molar-refractivity contribution in [2.24, 2.45) is 5.92 Å². The molecule has 2 fully saturated rings. The van der Waals surface area contributed by atoms with E-state index in [1.807, 2.05) is 0 Å². The van der Waals surface area contributed by atoms with Crippen molar-refractivity contribution in [2.45, 2.75) is 51.0 Å². The second-order valence-electron chi connectivity index (χ2n) is 6.36. The van der Waals surface area contributed by atoms with Gasteiger partial charge < -0.3 is 9.47 Å². The molecule has 2 nitrogen and oxygen atoms in total. The minimum Gasteiger partial charge on any atom is -0.491 e. The van der Waals surface area contributed by atoms with Gasteiger partial charge in [-0.05, 0) is 63.0 Å². The fourth-order valence-electron chi connectivity index (χ4n) is 3.49. The topological polar surface area (TPSA) is 21.8 Å². The molecule has 0 N–H and O–H groups in total. The highest BCUT2D eigenvalue weighted by Crippen LogP contribution is 2.47. The first-order valence-corrected chi connectivity index (χ1v) is 7.80. The average Bonchev–Trinajstić information content (AvgIpc) is 3.24.